The number of thiocarbonyl (C=S) groups is 1. The minimum absolute atomic E-state index is 0.323. The van der Waals surface area contributed by atoms with Gasteiger partial charge in [-0.3, -0.25) is 5.21 Å². The molecule has 1 aromatic carbocycles. The molecule has 0 aliphatic carbocycles. The molecule has 1 aliphatic rings. The first kappa shape index (κ1) is 20.6. The first-order chi connectivity index (χ1) is 11.5. The van der Waals surface area contributed by atoms with Crippen molar-refractivity contribution in [2.45, 2.75) is 38.6 Å². The molecule has 25 heavy (non-hydrogen) atoms. The predicted octanol–water partition coefficient (Wildman–Crippen LogP) is 5.31. The van der Waals surface area contributed by atoms with Gasteiger partial charge >= 0.3 is 6.03 Å². The van der Waals surface area contributed by atoms with Crippen LogP contribution in [0.1, 0.15) is 27.7 Å². The Balaban J connectivity index is 2.20. The number of halogens is 2. The van der Waals surface area contributed by atoms with Crippen molar-refractivity contribution in [1.29, 1.82) is 0 Å². The monoisotopic (exact) mass is 421 g/mol. The molecule has 1 aliphatic heterocycles. The summed E-state index contributed by atoms with van der Waals surface area (Å²) >= 11 is 18.8. The molecule has 0 spiro atoms. The van der Waals surface area contributed by atoms with E-state index in [2.05, 4.69) is 19.2 Å². The lowest BCUT2D eigenvalue weighted by Gasteiger charge is -2.37. The maximum absolute atomic E-state index is 12.5. The molecule has 9 heteroatoms. The van der Waals surface area contributed by atoms with Crippen molar-refractivity contribution >= 4 is 63.2 Å². The highest BCUT2D eigenvalue weighted by molar-refractivity contribution is 8.24. The topological polar surface area (TPSA) is 55.8 Å². The van der Waals surface area contributed by atoms with Gasteiger partial charge in [0, 0.05) is 12.2 Å². The van der Waals surface area contributed by atoms with Crippen LogP contribution in [0, 0.1) is 5.92 Å². The van der Waals surface area contributed by atoms with Gasteiger partial charge in [0.05, 0.1) is 14.8 Å². The summed E-state index contributed by atoms with van der Waals surface area (Å²) in [5.74, 6) is 0.335. The molecule has 1 saturated heterocycles. The Kier molecular flexibility index (Phi) is 6.49. The third kappa shape index (κ3) is 4.71. The van der Waals surface area contributed by atoms with Crippen LogP contribution in [0.25, 0.3) is 0 Å². The van der Waals surface area contributed by atoms with Gasteiger partial charge in [0.1, 0.15) is 10.5 Å². The number of benzene rings is 1. The van der Waals surface area contributed by atoms with E-state index in [1.165, 1.54) is 17.8 Å². The second kappa shape index (κ2) is 7.88. The van der Waals surface area contributed by atoms with Gasteiger partial charge in [0.2, 0.25) is 0 Å². The second-order valence-electron chi connectivity index (χ2n) is 6.79. The molecule has 1 atom stereocenters. The zero-order valence-electron chi connectivity index (χ0n) is 14.4. The van der Waals surface area contributed by atoms with Crippen LogP contribution in [0.3, 0.4) is 0 Å². The normalized spacial score (nSPS) is 19.4. The van der Waals surface area contributed by atoms with E-state index in [0.717, 1.165) is 0 Å². The molecule has 0 radical (unpaired) electrons. The number of anilines is 1. The van der Waals surface area contributed by atoms with E-state index < -0.39 is 16.9 Å². The van der Waals surface area contributed by atoms with Gasteiger partial charge in [-0.25, -0.2) is 4.79 Å². The molecule has 1 unspecified atom stereocenters. The molecule has 1 fully saturated rings. The molecule has 0 saturated carbocycles. The SMILES string of the molecule is CC(C)CN1C(=S)SC(C)(C)C1N(O)C(=O)Nc1ccc(Cl)c(Cl)c1. The first-order valence-electron chi connectivity index (χ1n) is 7.76. The average Bonchev–Trinajstić information content (AvgIpc) is 2.70. The summed E-state index contributed by atoms with van der Waals surface area (Å²) in [7, 11) is 0. The van der Waals surface area contributed by atoms with E-state index in [9.17, 15) is 10.0 Å². The fourth-order valence-corrected chi connectivity index (χ4v) is 4.86. The van der Waals surface area contributed by atoms with Crippen LogP contribution < -0.4 is 5.32 Å². The van der Waals surface area contributed by atoms with Gasteiger partial charge in [0.15, 0.2) is 0 Å². The molecule has 2 N–H and O–H groups in total. The number of carbonyl (C=O) groups is 1. The Morgan fingerprint density at radius 1 is 1.44 bits per heavy atom. The zero-order chi connectivity index (χ0) is 18.9. The summed E-state index contributed by atoms with van der Waals surface area (Å²) in [5.41, 5.74) is 0.444. The van der Waals surface area contributed by atoms with Crippen molar-refractivity contribution in [3.05, 3.63) is 28.2 Å². The molecule has 0 aromatic heterocycles. The quantitative estimate of drug-likeness (QED) is 0.391. The Bertz CT molecular complexity index is 685. The molecule has 0 bridgehead atoms. The number of urea groups is 1. The number of carbonyl (C=O) groups excluding carboxylic acids is 1. The van der Waals surface area contributed by atoms with Crippen LogP contribution in [0.5, 0.6) is 0 Å². The minimum Gasteiger partial charge on any atom is -0.333 e. The Labute approximate surface area is 167 Å². The number of rotatable bonds is 4. The molecule has 5 nitrogen and oxygen atoms in total. The van der Waals surface area contributed by atoms with Crippen molar-refractivity contribution in [2.75, 3.05) is 11.9 Å². The Morgan fingerprint density at radius 3 is 2.64 bits per heavy atom. The average molecular weight is 422 g/mol. The van der Waals surface area contributed by atoms with Gasteiger partial charge in [-0.1, -0.05) is 61.0 Å². The number of nitrogens with one attached hydrogen (secondary N) is 1. The van der Waals surface area contributed by atoms with E-state index in [1.807, 2.05) is 18.7 Å². The van der Waals surface area contributed by atoms with Crippen molar-refractivity contribution in [2.24, 2.45) is 5.92 Å². The lowest BCUT2D eigenvalue weighted by molar-refractivity contribution is -0.115. The zero-order valence-corrected chi connectivity index (χ0v) is 17.6. The summed E-state index contributed by atoms with van der Waals surface area (Å²) < 4.78 is 0.223. The Morgan fingerprint density at radius 2 is 2.08 bits per heavy atom. The van der Waals surface area contributed by atoms with E-state index in [4.69, 9.17) is 35.4 Å². The number of hydrogen-bond donors (Lipinski definition) is 2. The lowest BCUT2D eigenvalue weighted by Crippen LogP contribution is -2.56. The summed E-state index contributed by atoms with van der Waals surface area (Å²) in [6.45, 7) is 8.67. The molecule has 1 heterocycles. The van der Waals surface area contributed by atoms with E-state index in [-0.39, 0.29) is 0 Å². The molecule has 138 valence electrons. The fraction of sp³-hybridized carbons (Fsp3) is 0.500. The van der Waals surface area contributed by atoms with Crippen LogP contribution in [-0.2, 0) is 0 Å². The molecule has 2 rings (SSSR count). The Hall–Kier alpha value is -0.730. The first-order valence-corrected chi connectivity index (χ1v) is 9.74. The van der Waals surface area contributed by atoms with Crippen molar-refractivity contribution in [1.82, 2.24) is 9.96 Å². The molecule has 1 aromatic rings. The van der Waals surface area contributed by atoms with E-state index in [0.29, 0.717) is 37.6 Å². The number of thioether (sulfide) groups is 1. The van der Waals surface area contributed by atoms with Crippen LogP contribution in [-0.4, -0.2) is 43.0 Å². The largest absolute Gasteiger partial charge is 0.347 e. The lowest BCUT2D eigenvalue weighted by atomic mass is 10.1. The second-order valence-corrected chi connectivity index (χ2v) is 9.90. The molecular formula is C16H21Cl2N3O2S2. The van der Waals surface area contributed by atoms with Gasteiger partial charge in [-0.2, -0.15) is 5.06 Å². The highest BCUT2D eigenvalue weighted by atomic mass is 35.5. The summed E-state index contributed by atoms with van der Waals surface area (Å²) in [5, 5.41) is 14.6. The number of amides is 2. The van der Waals surface area contributed by atoms with Crippen LogP contribution in [0.2, 0.25) is 10.0 Å². The maximum atomic E-state index is 12.5. The van der Waals surface area contributed by atoms with Crippen LogP contribution in [0.4, 0.5) is 10.5 Å². The van der Waals surface area contributed by atoms with Crippen molar-refractivity contribution < 1.29 is 10.0 Å². The van der Waals surface area contributed by atoms with Gasteiger partial charge < -0.3 is 10.2 Å². The van der Waals surface area contributed by atoms with Crippen LogP contribution >= 0.6 is 47.2 Å². The van der Waals surface area contributed by atoms with E-state index in [1.54, 1.807) is 12.1 Å². The third-order valence-corrected chi connectivity index (χ3v) is 6.04. The van der Waals surface area contributed by atoms with Crippen molar-refractivity contribution in [3.8, 4) is 0 Å². The van der Waals surface area contributed by atoms with E-state index >= 15 is 0 Å². The highest BCUT2D eigenvalue weighted by Gasteiger charge is 2.49. The standard InChI is InChI=1S/C16H21Cl2N3O2S2/c1-9(2)8-20-13(16(3,4)25-15(20)24)21(23)14(22)19-10-5-6-11(17)12(18)7-10/h5-7,9,13,23H,8H2,1-4H3,(H,19,22). The third-order valence-electron chi connectivity index (χ3n) is 3.67. The smallest absolute Gasteiger partial charge is 0.333 e. The molecular weight excluding hydrogens is 401 g/mol. The van der Waals surface area contributed by atoms with Gasteiger partial charge in [0.25, 0.3) is 0 Å². The fourth-order valence-electron chi connectivity index (χ4n) is 2.67. The van der Waals surface area contributed by atoms with Gasteiger partial charge in [-0.05, 0) is 38.0 Å². The van der Waals surface area contributed by atoms with Gasteiger partial charge in [-0.15, -0.1) is 0 Å². The molecule has 2 amide bonds. The summed E-state index contributed by atoms with van der Waals surface area (Å²) in [6.07, 6.45) is -0.574. The predicted molar refractivity (Wildman–Crippen MR) is 109 cm³/mol. The van der Waals surface area contributed by atoms with Crippen LogP contribution in [0.15, 0.2) is 18.2 Å². The summed E-state index contributed by atoms with van der Waals surface area (Å²) in [4.78, 5) is 14.4. The number of hydrogen-bond acceptors (Lipinski definition) is 4. The highest BCUT2D eigenvalue weighted by Crippen LogP contribution is 2.42. The summed E-state index contributed by atoms with van der Waals surface area (Å²) in [6, 6.07) is 4.07. The number of hydroxylamine groups is 2. The number of nitrogens with zero attached hydrogens (tertiary/aromatic N) is 2. The minimum atomic E-state index is -0.657. The van der Waals surface area contributed by atoms with Crippen molar-refractivity contribution in [3.63, 3.8) is 0 Å². The maximum Gasteiger partial charge on any atom is 0.347 e.